The molecule has 0 saturated heterocycles. The lowest BCUT2D eigenvalue weighted by Gasteiger charge is -2.38. The fourth-order valence-electron chi connectivity index (χ4n) is 4.56. The summed E-state index contributed by atoms with van der Waals surface area (Å²) in [6, 6.07) is 8.94. The molecular weight excluding hydrogens is 406 g/mol. The Labute approximate surface area is 186 Å². The summed E-state index contributed by atoms with van der Waals surface area (Å²) < 4.78 is 12.8. The molecule has 1 unspecified atom stereocenters. The molecule has 5 rings (SSSR count). The smallest absolute Gasteiger partial charge is 0.226 e. The monoisotopic (exact) mass is 431 g/mol. The van der Waals surface area contributed by atoms with E-state index in [1.807, 2.05) is 30.3 Å². The number of pyridine rings is 1. The fourth-order valence-corrected chi connectivity index (χ4v) is 4.56. The number of Topliss-reactive ketones (excluding diaryl/α,β-unsaturated/α-hetero) is 1. The average molecular weight is 431 g/mol. The van der Waals surface area contributed by atoms with Gasteiger partial charge in [-0.15, -0.1) is 5.10 Å². The lowest BCUT2D eigenvalue weighted by molar-refractivity contribution is -0.118. The summed E-state index contributed by atoms with van der Waals surface area (Å²) in [7, 11) is 3.23. The Hall–Kier alpha value is -3.68. The third-order valence-corrected chi connectivity index (χ3v) is 5.99. The number of hydrogen-bond donors (Lipinski definition) is 1. The van der Waals surface area contributed by atoms with Crippen LogP contribution in [0.2, 0.25) is 0 Å². The van der Waals surface area contributed by atoms with E-state index in [9.17, 15) is 4.79 Å². The molecular formula is C24H25N5O3. The number of rotatable bonds is 4. The van der Waals surface area contributed by atoms with Crippen molar-refractivity contribution in [2.45, 2.75) is 32.7 Å². The van der Waals surface area contributed by atoms with Crippen molar-refractivity contribution >= 4 is 11.7 Å². The van der Waals surface area contributed by atoms with Gasteiger partial charge < -0.3 is 14.8 Å². The topological polar surface area (TPSA) is 91.2 Å². The zero-order valence-electron chi connectivity index (χ0n) is 18.5. The van der Waals surface area contributed by atoms with Gasteiger partial charge >= 0.3 is 0 Å². The van der Waals surface area contributed by atoms with E-state index in [-0.39, 0.29) is 11.2 Å². The number of ketones is 1. The van der Waals surface area contributed by atoms with E-state index < -0.39 is 6.04 Å². The predicted octanol–water partition coefficient (Wildman–Crippen LogP) is 4.02. The number of anilines is 1. The van der Waals surface area contributed by atoms with Crippen molar-refractivity contribution in [3.8, 4) is 22.9 Å². The van der Waals surface area contributed by atoms with Crippen LogP contribution >= 0.6 is 0 Å². The van der Waals surface area contributed by atoms with E-state index in [0.29, 0.717) is 35.3 Å². The SMILES string of the molecule is COc1ccc(C2C3=C(CC(C)(C)CC3=O)Nc3nc(-c4cccnc4)nn32)c(OC)c1. The van der Waals surface area contributed by atoms with Crippen LogP contribution in [0.5, 0.6) is 11.5 Å². The Bertz CT molecular complexity index is 1230. The van der Waals surface area contributed by atoms with Gasteiger partial charge in [0.1, 0.15) is 17.5 Å². The Morgan fingerprint density at radius 2 is 2.00 bits per heavy atom. The van der Waals surface area contributed by atoms with Gasteiger partial charge in [0.2, 0.25) is 5.95 Å². The quantitative estimate of drug-likeness (QED) is 0.667. The number of ether oxygens (including phenoxy) is 2. The van der Waals surface area contributed by atoms with Crippen molar-refractivity contribution in [3.63, 3.8) is 0 Å². The maximum atomic E-state index is 13.4. The third-order valence-electron chi connectivity index (χ3n) is 5.99. The van der Waals surface area contributed by atoms with Crippen LogP contribution in [0.3, 0.4) is 0 Å². The zero-order valence-corrected chi connectivity index (χ0v) is 18.5. The number of allylic oxidation sites excluding steroid dienone is 2. The molecule has 1 N–H and O–H groups in total. The Morgan fingerprint density at radius 1 is 1.16 bits per heavy atom. The minimum atomic E-state index is -0.455. The van der Waals surface area contributed by atoms with E-state index in [1.54, 1.807) is 31.3 Å². The second-order valence-corrected chi connectivity index (χ2v) is 8.91. The minimum Gasteiger partial charge on any atom is -0.497 e. The number of benzene rings is 1. The molecule has 2 aromatic heterocycles. The summed E-state index contributed by atoms with van der Waals surface area (Å²) in [5, 5.41) is 8.19. The average Bonchev–Trinajstić information content (AvgIpc) is 3.21. The fraction of sp³-hybridized carbons (Fsp3) is 0.333. The van der Waals surface area contributed by atoms with Crippen LogP contribution < -0.4 is 14.8 Å². The van der Waals surface area contributed by atoms with Crippen LogP contribution in [0.1, 0.15) is 38.3 Å². The van der Waals surface area contributed by atoms with Gasteiger partial charge in [-0.05, 0) is 36.1 Å². The molecule has 0 saturated carbocycles. The maximum Gasteiger partial charge on any atom is 0.226 e. The minimum absolute atomic E-state index is 0.107. The standard InChI is InChI=1S/C24H25N5O3/c1-24(2)11-17-20(18(30)12-24)21(16-8-7-15(31-3)10-19(16)32-4)29-23(26-17)27-22(28-29)14-6-5-9-25-13-14/h5-10,13,21H,11-12H2,1-4H3,(H,26,27,28). The van der Waals surface area contributed by atoms with E-state index in [2.05, 4.69) is 24.1 Å². The summed E-state index contributed by atoms with van der Waals surface area (Å²) in [6.07, 6.45) is 4.66. The van der Waals surface area contributed by atoms with Gasteiger partial charge in [-0.2, -0.15) is 4.98 Å². The molecule has 0 amide bonds. The predicted molar refractivity (Wildman–Crippen MR) is 120 cm³/mol. The van der Waals surface area contributed by atoms with Gasteiger partial charge in [0.25, 0.3) is 0 Å². The highest BCUT2D eigenvalue weighted by Gasteiger charge is 2.42. The number of fused-ring (bicyclic) bond motifs is 1. The van der Waals surface area contributed by atoms with E-state index in [4.69, 9.17) is 19.6 Å². The normalized spacial score (nSPS) is 19.1. The van der Waals surface area contributed by atoms with Gasteiger partial charge in [-0.1, -0.05) is 13.8 Å². The number of methoxy groups -OCH3 is 2. The van der Waals surface area contributed by atoms with E-state index in [1.165, 1.54) is 0 Å². The molecule has 2 aliphatic rings. The number of nitrogens with one attached hydrogen (secondary N) is 1. The van der Waals surface area contributed by atoms with Crippen LogP contribution in [0, 0.1) is 5.41 Å². The van der Waals surface area contributed by atoms with Crippen molar-refractivity contribution in [1.82, 2.24) is 19.7 Å². The van der Waals surface area contributed by atoms with Crippen LogP contribution in [0.25, 0.3) is 11.4 Å². The van der Waals surface area contributed by atoms with Crippen molar-refractivity contribution in [1.29, 1.82) is 0 Å². The maximum absolute atomic E-state index is 13.4. The Morgan fingerprint density at radius 3 is 2.72 bits per heavy atom. The van der Waals surface area contributed by atoms with Gasteiger partial charge in [0.05, 0.1) is 14.2 Å². The summed E-state index contributed by atoms with van der Waals surface area (Å²) in [5.74, 6) is 2.56. The second kappa shape index (κ2) is 7.47. The first-order valence-electron chi connectivity index (χ1n) is 10.5. The van der Waals surface area contributed by atoms with Crippen molar-refractivity contribution in [2.75, 3.05) is 19.5 Å². The molecule has 1 aliphatic carbocycles. The van der Waals surface area contributed by atoms with Crippen molar-refractivity contribution in [2.24, 2.45) is 5.41 Å². The van der Waals surface area contributed by atoms with Crippen LogP contribution in [-0.4, -0.2) is 39.8 Å². The summed E-state index contributed by atoms with van der Waals surface area (Å²) in [4.78, 5) is 22.3. The number of carbonyl (C=O) groups excluding carboxylic acids is 1. The first-order chi connectivity index (χ1) is 15.4. The van der Waals surface area contributed by atoms with Crippen LogP contribution in [0.4, 0.5) is 5.95 Å². The molecule has 3 heterocycles. The number of aromatic nitrogens is 4. The van der Waals surface area contributed by atoms with Gasteiger partial charge in [0.15, 0.2) is 11.6 Å². The Balaban J connectivity index is 1.72. The molecule has 0 spiro atoms. The van der Waals surface area contributed by atoms with E-state index >= 15 is 0 Å². The van der Waals surface area contributed by atoms with Crippen molar-refractivity contribution in [3.05, 3.63) is 59.6 Å². The summed E-state index contributed by atoms with van der Waals surface area (Å²) in [5.41, 5.74) is 3.11. The first kappa shape index (κ1) is 20.2. The molecule has 3 aromatic rings. The molecule has 1 aliphatic heterocycles. The molecule has 1 atom stereocenters. The Kier molecular flexibility index (Phi) is 4.73. The summed E-state index contributed by atoms with van der Waals surface area (Å²) >= 11 is 0. The molecule has 1 aromatic carbocycles. The van der Waals surface area contributed by atoms with Crippen molar-refractivity contribution < 1.29 is 14.3 Å². The third kappa shape index (κ3) is 3.32. The largest absolute Gasteiger partial charge is 0.497 e. The lowest BCUT2D eigenvalue weighted by atomic mass is 9.73. The van der Waals surface area contributed by atoms with Gasteiger partial charge in [0, 0.05) is 47.3 Å². The molecule has 0 radical (unpaired) electrons. The van der Waals surface area contributed by atoms with Gasteiger partial charge in [-0.25, -0.2) is 4.68 Å². The highest BCUT2D eigenvalue weighted by Crippen LogP contribution is 2.47. The zero-order chi connectivity index (χ0) is 22.5. The molecule has 0 bridgehead atoms. The molecule has 32 heavy (non-hydrogen) atoms. The number of carbonyl (C=O) groups is 1. The highest BCUT2D eigenvalue weighted by molar-refractivity contribution is 6.00. The van der Waals surface area contributed by atoms with E-state index in [0.717, 1.165) is 23.2 Å². The van der Waals surface area contributed by atoms with Gasteiger partial charge in [-0.3, -0.25) is 9.78 Å². The molecule has 8 heteroatoms. The molecule has 0 fully saturated rings. The van der Waals surface area contributed by atoms with Crippen LogP contribution in [-0.2, 0) is 4.79 Å². The molecule has 164 valence electrons. The summed E-state index contributed by atoms with van der Waals surface area (Å²) in [6.45, 7) is 4.22. The lowest BCUT2D eigenvalue weighted by Crippen LogP contribution is -2.36. The van der Waals surface area contributed by atoms with Crippen LogP contribution in [0.15, 0.2) is 54.0 Å². The second-order valence-electron chi connectivity index (χ2n) is 8.91. The number of hydrogen-bond acceptors (Lipinski definition) is 7. The highest BCUT2D eigenvalue weighted by atomic mass is 16.5. The first-order valence-corrected chi connectivity index (χ1v) is 10.5. The number of nitrogens with zero attached hydrogens (tertiary/aromatic N) is 4. The molecule has 8 nitrogen and oxygen atoms in total.